The van der Waals surface area contributed by atoms with Gasteiger partial charge in [-0.25, -0.2) is 0 Å². The quantitative estimate of drug-likeness (QED) is 0.394. The molecule has 1 aliphatic rings. The molecule has 0 saturated carbocycles. The number of pyridine rings is 1. The number of carbonyl (C=O) groups excluding carboxylic acids is 4. The highest BCUT2D eigenvalue weighted by molar-refractivity contribution is 5.93. The fourth-order valence-corrected chi connectivity index (χ4v) is 2.86. The van der Waals surface area contributed by atoms with E-state index in [1.807, 2.05) is 0 Å². The van der Waals surface area contributed by atoms with E-state index in [1.54, 1.807) is 18.3 Å². The summed E-state index contributed by atoms with van der Waals surface area (Å²) in [5, 5.41) is 2.51. The third-order valence-electron chi connectivity index (χ3n) is 3.95. The van der Waals surface area contributed by atoms with Gasteiger partial charge in [-0.3, -0.25) is 19.2 Å². The van der Waals surface area contributed by atoms with Gasteiger partial charge in [-0.15, -0.1) is 0 Å². The third-order valence-corrected chi connectivity index (χ3v) is 3.95. The Morgan fingerprint density at radius 1 is 1.07 bits per heavy atom. The maximum Gasteiger partial charge on any atom is 0.304 e. The third kappa shape index (κ3) is 5.26. The molecule has 10 heteroatoms. The zero-order valence-corrected chi connectivity index (χ0v) is 16.0. The largest absolute Gasteiger partial charge is 0.463 e. The van der Waals surface area contributed by atoms with E-state index in [1.165, 1.54) is 38.6 Å². The number of ether oxygens (including phenoxy) is 4. The molecule has 28 heavy (non-hydrogen) atoms. The van der Waals surface area contributed by atoms with Crippen molar-refractivity contribution in [1.29, 1.82) is 0 Å². The van der Waals surface area contributed by atoms with E-state index in [4.69, 9.17) is 18.9 Å². The molecular weight excluding hydrogens is 372 g/mol. The molecule has 1 saturated heterocycles. The van der Waals surface area contributed by atoms with Crippen molar-refractivity contribution in [3.8, 4) is 0 Å². The molecule has 1 aromatic rings. The van der Waals surface area contributed by atoms with E-state index in [-0.39, 0.29) is 12.5 Å². The van der Waals surface area contributed by atoms with Crippen LogP contribution >= 0.6 is 0 Å². The standard InChI is InChI=1S/C18H22N2O8/c1-10(21)25-9-14-15(26-11(2)22)16(27-12(3)23)18(28-14)20-7-5-6-13(8-20)17(24)19-4/h5-8,14-16,18H,9H2,1-4H3/p+1/t14-,15-,16+,18-/m1/s1. The Morgan fingerprint density at radius 3 is 2.29 bits per heavy atom. The second-order valence-corrected chi connectivity index (χ2v) is 6.13. The molecule has 1 N–H and O–H groups in total. The average Bonchev–Trinajstić information content (AvgIpc) is 2.95. The van der Waals surface area contributed by atoms with Crippen LogP contribution in [0, 0.1) is 0 Å². The lowest BCUT2D eigenvalue weighted by molar-refractivity contribution is -0.765. The van der Waals surface area contributed by atoms with Crippen LogP contribution in [0.25, 0.3) is 0 Å². The summed E-state index contributed by atoms with van der Waals surface area (Å²) in [5.74, 6) is -2.06. The molecule has 2 rings (SSSR count). The molecule has 2 heterocycles. The van der Waals surface area contributed by atoms with Crippen LogP contribution in [0.3, 0.4) is 0 Å². The fourth-order valence-electron chi connectivity index (χ4n) is 2.86. The van der Waals surface area contributed by atoms with E-state index in [2.05, 4.69) is 5.32 Å². The van der Waals surface area contributed by atoms with Crippen molar-refractivity contribution in [3.63, 3.8) is 0 Å². The number of hydrogen-bond donors (Lipinski definition) is 1. The number of carbonyl (C=O) groups is 4. The summed E-state index contributed by atoms with van der Waals surface area (Å²) in [6.45, 7) is 3.46. The van der Waals surface area contributed by atoms with Crippen LogP contribution in [-0.4, -0.2) is 55.8 Å². The Hall–Kier alpha value is -3.01. The molecule has 4 atom stereocenters. The molecule has 1 aliphatic heterocycles. The summed E-state index contributed by atoms with van der Waals surface area (Å²) in [7, 11) is 1.50. The van der Waals surface area contributed by atoms with Crippen molar-refractivity contribution in [1.82, 2.24) is 5.32 Å². The Kier molecular flexibility index (Phi) is 7.05. The van der Waals surface area contributed by atoms with Gasteiger partial charge in [0.2, 0.25) is 6.10 Å². The highest BCUT2D eigenvalue weighted by Gasteiger charge is 2.54. The van der Waals surface area contributed by atoms with E-state index in [9.17, 15) is 19.2 Å². The van der Waals surface area contributed by atoms with Gasteiger partial charge < -0.3 is 24.3 Å². The van der Waals surface area contributed by atoms with Crippen LogP contribution in [0.15, 0.2) is 24.5 Å². The highest BCUT2D eigenvalue weighted by Crippen LogP contribution is 2.31. The first-order valence-corrected chi connectivity index (χ1v) is 8.59. The number of aromatic nitrogens is 1. The second kappa shape index (κ2) is 9.27. The Labute approximate surface area is 161 Å². The van der Waals surface area contributed by atoms with Crippen molar-refractivity contribution in [2.45, 2.75) is 45.3 Å². The second-order valence-electron chi connectivity index (χ2n) is 6.13. The van der Waals surface area contributed by atoms with E-state index < -0.39 is 42.4 Å². The topological polar surface area (TPSA) is 121 Å². The Balaban J connectivity index is 2.39. The predicted octanol–water partition coefficient (Wildman–Crippen LogP) is -0.342. The minimum absolute atomic E-state index is 0.197. The first-order chi connectivity index (χ1) is 13.2. The normalized spacial score (nSPS) is 23.6. The van der Waals surface area contributed by atoms with Crippen molar-refractivity contribution >= 4 is 23.8 Å². The molecule has 10 nitrogen and oxygen atoms in total. The van der Waals surface area contributed by atoms with E-state index >= 15 is 0 Å². The molecule has 0 aromatic carbocycles. The Morgan fingerprint density at radius 2 is 1.71 bits per heavy atom. The number of amides is 1. The van der Waals surface area contributed by atoms with Gasteiger partial charge in [0.05, 0.1) is 0 Å². The zero-order valence-electron chi connectivity index (χ0n) is 16.0. The summed E-state index contributed by atoms with van der Waals surface area (Å²) in [6, 6.07) is 3.23. The van der Waals surface area contributed by atoms with Gasteiger partial charge in [-0.1, -0.05) is 0 Å². The van der Waals surface area contributed by atoms with Crippen LogP contribution in [0.1, 0.15) is 37.4 Å². The summed E-state index contributed by atoms with van der Waals surface area (Å²) in [5.41, 5.74) is 0.350. The number of hydrogen-bond acceptors (Lipinski definition) is 8. The maximum absolute atomic E-state index is 11.9. The van der Waals surface area contributed by atoms with Crippen LogP contribution < -0.4 is 9.88 Å². The van der Waals surface area contributed by atoms with E-state index in [0.29, 0.717) is 5.56 Å². The summed E-state index contributed by atoms with van der Waals surface area (Å²) >= 11 is 0. The summed E-state index contributed by atoms with van der Waals surface area (Å²) in [6.07, 6.45) is -0.642. The molecule has 1 aromatic heterocycles. The molecule has 0 spiro atoms. The smallest absolute Gasteiger partial charge is 0.304 e. The first-order valence-electron chi connectivity index (χ1n) is 8.59. The van der Waals surface area contributed by atoms with Crippen molar-refractivity contribution in [2.75, 3.05) is 13.7 Å². The van der Waals surface area contributed by atoms with Gasteiger partial charge in [-0.05, 0) is 6.07 Å². The Bertz CT molecular complexity index is 766. The number of rotatable bonds is 6. The summed E-state index contributed by atoms with van der Waals surface area (Å²) < 4.78 is 23.1. The minimum Gasteiger partial charge on any atom is -0.463 e. The average molecular weight is 395 g/mol. The first kappa shape index (κ1) is 21.3. The minimum atomic E-state index is -1.01. The van der Waals surface area contributed by atoms with Gasteiger partial charge in [0.25, 0.3) is 5.91 Å². The molecule has 1 fully saturated rings. The van der Waals surface area contributed by atoms with Gasteiger partial charge >= 0.3 is 24.1 Å². The van der Waals surface area contributed by atoms with Crippen LogP contribution in [-0.2, 0) is 33.3 Å². The lowest BCUT2D eigenvalue weighted by Crippen LogP contribution is -2.48. The molecule has 0 radical (unpaired) electrons. The van der Waals surface area contributed by atoms with Gasteiger partial charge in [0.1, 0.15) is 18.3 Å². The van der Waals surface area contributed by atoms with Gasteiger partial charge in [0.15, 0.2) is 18.5 Å². The van der Waals surface area contributed by atoms with Crippen molar-refractivity contribution in [2.24, 2.45) is 0 Å². The molecule has 152 valence electrons. The van der Waals surface area contributed by atoms with Gasteiger partial charge in [0, 0.05) is 33.9 Å². The van der Waals surface area contributed by atoms with Crippen molar-refractivity contribution in [3.05, 3.63) is 30.1 Å². The lowest BCUT2D eigenvalue weighted by Gasteiger charge is -2.21. The van der Waals surface area contributed by atoms with E-state index in [0.717, 1.165) is 0 Å². The molecule has 1 amide bonds. The zero-order chi connectivity index (χ0) is 20.8. The number of nitrogens with zero attached hydrogens (tertiary/aromatic N) is 1. The predicted molar refractivity (Wildman–Crippen MR) is 91.7 cm³/mol. The SMILES string of the molecule is CNC(=O)c1ccc[n+]([C@@H]2O[C@H](COC(C)=O)[C@@H](OC(C)=O)[C@@H]2OC(C)=O)c1. The molecule has 0 aliphatic carbocycles. The number of nitrogens with one attached hydrogen (secondary N) is 1. The lowest BCUT2D eigenvalue weighted by atomic mass is 10.1. The fraction of sp³-hybridized carbons (Fsp3) is 0.500. The van der Waals surface area contributed by atoms with Crippen molar-refractivity contribution < 1.29 is 42.7 Å². The maximum atomic E-state index is 11.9. The van der Waals surface area contributed by atoms with Gasteiger partial charge in [-0.2, -0.15) is 4.57 Å². The number of esters is 3. The molecule has 0 unspecified atom stereocenters. The highest BCUT2D eigenvalue weighted by atomic mass is 16.7. The summed E-state index contributed by atoms with van der Waals surface area (Å²) in [4.78, 5) is 46.3. The molecule has 0 bridgehead atoms. The van der Waals surface area contributed by atoms with Crippen LogP contribution in [0.5, 0.6) is 0 Å². The van der Waals surface area contributed by atoms with Crippen LogP contribution in [0.4, 0.5) is 0 Å². The molecular formula is C18H23N2O8+. The monoisotopic (exact) mass is 395 g/mol. The van der Waals surface area contributed by atoms with Crippen LogP contribution in [0.2, 0.25) is 0 Å².